The number of anilines is 1. The molecule has 1 atom stereocenters. The van der Waals surface area contributed by atoms with E-state index in [9.17, 15) is 4.79 Å². The minimum Gasteiger partial charge on any atom is -0.497 e. The van der Waals surface area contributed by atoms with E-state index < -0.39 is 0 Å². The molecule has 5 rings (SSSR count). The minimum atomic E-state index is -0.119. The molecule has 0 saturated carbocycles. The van der Waals surface area contributed by atoms with E-state index in [1.54, 1.807) is 20.4 Å². The Bertz CT molecular complexity index is 1270. The summed E-state index contributed by atoms with van der Waals surface area (Å²) in [4.78, 5) is 24.2. The number of nitrogens with one attached hydrogen (secondary N) is 1. The molecule has 8 heteroatoms. The SMILES string of the molecule is COc1ccc(NC(=O)N2CC[C@H](n3c(-c4ccc(OC)cc4)nc4cccnc43)C2)cc1. The average Bonchev–Trinajstić information content (AvgIpc) is 3.49. The predicted octanol–water partition coefficient (Wildman–Crippen LogP) is 4.59. The van der Waals surface area contributed by atoms with E-state index in [4.69, 9.17) is 14.5 Å². The highest BCUT2D eigenvalue weighted by Crippen LogP contribution is 2.33. The molecule has 0 radical (unpaired) electrons. The molecular weight excluding hydrogens is 418 g/mol. The summed E-state index contributed by atoms with van der Waals surface area (Å²) in [7, 11) is 3.27. The van der Waals surface area contributed by atoms with Crippen LogP contribution < -0.4 is 14.8 Å². The third-order valence-corrected chi connectivity index (χ3v) is 5.95. The number of urea groups is 1. The standard InChI is InChI=1S/C25H25N5O3/c1-32-20-9-5-17(6-10-20)23-28-22-4-3-14-26-24(22)30(23)19-13-15-29(16-19)25(31)27-18-7-11-21(33-2)12-8-18/h3-12,14,19H,13,15-16H2,1-2H3,(H,27,31)/t19-/m0/s1. The van der Waals surface area contributed by atoms with Crippen LogP contribution in [0.3, 0.4) is 0 Å². The number of hydrogen-bond acceptors (Lipinski definition) is 5. The van der Waals surface area contributed by atoms with Gasteiger partial charge in [-0.15, -0.1) is 0 Å². The summed E-state index contributed by atoms with van der Waals surface area (Å²) in [5.74, 6) is 2.38. The van der Waals surface area contributed by atoms with Gasteiger partial charge in [0.2, 0.25) is 0 Å². The van der Waals surface area contributed by atoms with E-state index in [0.717, 1.165) is 46.2 Å². The van der Waals surface area contributed by atoms with Gasteiger partial charge in [-0.25, -0.2) is 14.8 Å². The number of benzene rings is 2. The third kappa shape index (κ3) is 4.07. The van der Waals surface area contributed by atoms with Crippen LogP contribution in [0, 0.1) is 0 Å². The molecule has 1 saturated heterocycles. The fourth-order valence-corrected chi connectivity index (χ4v) is 4.23. The van der Waals surface area contributed by atoms with Crippen LogP contribution in [0.15, 0.2) is 66.9 Å². The maximum Gasteiger partial charge on any atom is 0.321 e. The number of rotatable bonds is 5. The number of likely N-dealkylation sites (tertiary alicyclic amines) is 1. The van der Waals surface area contributed by atoms with Gasteiger partial charge in [0.15, 0.2) is 5.65 Å². The first-order valence-electron chi connectivity index (χ1n) is 10.8. The van der Waals surface area contributed by atoms with Gasteiger partial charge in [0.25, 0.3) is 0 Å². The van der Waals surface area contributed by atoms with Crippen LogP contribution in [0.2, 0.25) is 0 Å². The number of carbonyl (C=O) groups is 1. The highest BCUT2D eigenvalue weighted by Gasteiger charge is 2.31. The lowest BCUT2D eigenvalue weighted by Crippen LogP contribution is -2.33. The number of pyridine rings is 1. The highest BCUT2D eigenvalue weighted by molar-refractivity contribution is 5.89. The lowest BCUT2D eigenvalue weighted by molar-refractivity contribution is 0.221. The van der Waals surface area contributed by atoms with Crippen molar-refractivity contribution in [3.8, 4) is 22.9 Å². The van der Waals surface area contributed by atoms with Crippen molar-refractivity contribution in [1.82, 2.24) is 19.4 Å². The molecule has 1 aliphatic rings. The summed E-state index contributed by atoms with van der Waals surface area (Å²) in [6.45, 7) is 1.23. The largest absolute Gasteiger partial charge is 0.497 e. The Morgan fingerprint density at radius 2 is 1.70 bits per heavy atom. The predicted molar refractivity (Wildman–Crippen MR) is 127 cm³/mol. The Kier molecular flexibility index (Phi) is 5.56. The molecule has 0 spiro atoms. The van der Waals surface area contributed by atoms with Gasteiger partial charge in [0.1, 0.15) is 22.8 Å². The molecule has 4 aromatic rings. The molecule has 2 amide bonds. The molecule has 0 bridgehead atoms. The molecule has 168 valence electrons. The number of methoxy groups -OCH3 is 2. The molecule has 2 aromatic carbocycles. The van der Waals surface area contributed by atoms with Crippen LogP contribution in [0.4, 0.5) is 10.5 Å². The minimum absolute atomic E-state index is 0.0728. The Hall–Kier alpha value is -4.07. The van der Waals surface area contributed by atoms with E-state index in [2.05, 4.69) is 14.9 Å². The fourth-order valence-electron chi connectivity index (χ4n) is 4.23. The van der Waals surface area contributed by atoms with Crippen molar-refractivity contribution >= 4 is 22.9 Å². The summed E-state index contributed by atoms with van der Waals surface area (Å²) >= 11 is 0. The van der Waals surface area contributed by atoms with Crippen molar-refractivity contribution in [3.05, 3.63) is 66.9 Å². The van der Waals surface area contributed by atoms with Crippen LogP contribution in [-0.2, 0) is 0 Å². The van der Waals surface area contributed by atoms with Crippen molar-refractivity contribution in [2.24, 2.45) is 0 Å². The Labute approximate surface area is 191 Å². The quantitative estimate of drug-likeness (QED) is 0.488. The second kappa shape index (κ2) is 8.82. The molecule has 33 heavy (non-hydrogen) atoms. The second-order valence-corrected chi connectivity index (χ2v) is 7.93. The van der Waals surface area contributed by atoms with Gasteiger partial charge in [-0.05, 0) is 67.1 Å². The van der Waals surface area contributed by atoms with Gasteiger partial charge in [-0.2, -0.15) is 0 Å². The molecule has 1 N–H and O–H groups in total. The van der Waals surface area contributed by atoms with Gasteiger partial charge in [0.05, 0.1) is 20.3 Å². The number of fused-ring (bicyclic) bond motifs is 1. The molecule has 1 aliphatic heterocycles. The summed E-state index contributed by atoms with van der Waals surface area (Å²) in [5.41, 5.74) is 3.38. The number of imidazole rings is 1. The summed E-state index contributed by atoms with van der Waals surface area (Å²) < 4.78 is 12.6. The van der Waals surface area contributed by atoms with Crippen molar-refractivity contribution in [1.29, 1.82) is 0 Å². The van der Waals surface area contributed by atoms with E-state index in [-0.39, 0.29) is 12.1 Å². The molecule has 0 unspecified atom stereocenters. The van der Waals surface area contributed by atoms with Gasteiger partial charge in [0, 0.05) is 30.5 Å². The summed E-state index contributed by atoms with van der Waals surface area (Å²) in [6, 6.07) is 19.0. The van der Waals surface area contributed by atoms with E-state index >= 15 is 0 Å². The van der Waals surface area contributed by atoms with Crippen LogP contribution in [0.25, 0.3) is 22.6 Å². The first-order chi connectivity index (χ1) is 16.2. The number of hydrogen-bond donors (Lipinski definition) is 1. The molecule has 1 fully saturated rings. The summed E-state index contributed by atoms with van der Waals surface area (Å²) in [5, 5.41) is 2.97. The first-order valence-corrected chi connectivity index (χ1v) is 10.8. The van der Waals surface area contributed by atoms with Crippen LogP contribution in [0.5, 0.6) is 11.5 Å². The second-order valence-electron chi connectivity index (χ2n) is 7.93. The zero-order valence-corrected chi connectivity index (χ0v) is 18.6. The molecule has 3 heterocycles. The molecular formula is C25H25N5O3. The monoisotopic (exact) mass is 443 g/mol. The molecule has 0 aliphatic carbocycles. The van der Waals surface area contributed by atoms with Gasteiger partial charge in [-0.1, -0.05) is 0 Å². The third-order valence-electron chi connectivity index (χ3n) is 5.95. The Morgan fingerprint density at radius 1 is 1.00 bits per heavy atom. The van der Waals surface area contributed by atoms with Gasteiger partial charge >= 0.3 is 6.03 Å². The topological polar surface area (TPSA) is 81.5 Å². The summed E-state index contributed by atoms with van der Waals surface area (Å²) in [6.07, 6.45) is 2.60. The van der Waals surface area contributed by atoms with Crippen molar-refractivity contribution in [2.75, 3.05) is 32.6 Å². The van der Waals surface area contributed by atoms with E-state index in [0.29, 0.717) is 13.1 Å². The zero-order valence-electron chi connectivity index (χ0n) is 18.6. The van der Waals surface area contributed by atoms with Crippen LogP contribution >= 0.6 is 0 Å². The van der Waals surface area contributed by atoms with E-state index in [1.807, 2.05) is 65.6 Å². The van der Waals surface area contributed by atoms with E-state index in [1.165, 1.54) is 0 Å². The fraction of sp³-hybridized carbons (Fsp3) is 0.240. The zero-order chi connectivity index (χ0) is 22.8. The van der Waals surface area contributed by atoms with Crippen molar-refractivity contribution < 1.29 is 14.3 Å². The van der Waals surface area contributed by atoms with Crippen LogP contribution in [-0.4, -0.2) is 52.8 Å². The maximum atomic E-state index is 12.9. The number of amides is 2. The van der Waals surface area contributed by atoms with Crippen molar-refractivity contribution in [3.63, 3.8) is 0 Å². The molecule has 8 nitrogen and oxygen atoms in total. The number of aromatic nitrogens is 3. The number of carbonyl (C=O) groups excluding carboxylic acids is 1. The lowest BCUT2D eigenvalue weighted by Gasteiger charge is -2.19. The molecule has 2 aromatic heterocycles. The first kappa shape index (κ1) is 20.8. The van der Waals surface area contributed by atoms with Crippen molar-refractivity contribution in [2.45, 2.75) is 12.5 Å². The Morgan fingerprint density at radius 3 is 2.39 bits per heavy atom. The Balaban J connectivity index is 1.40. The van der Waals surface area contributed by atoms with Gasteiger partial charge in [-0.3, -0.25) is 0 Å². The highest BCUT2D eigenvalue weighted by atomic mass is 16.5. The smallest absolute Gasteiger partial charge is 0.321 e. The number of ether oxygens (including phenoxy) is 2. The average molecular weight is 444 g/mol. The number of nitrogens with zero attached hydrogens (tertiary/aromatic N) is 4. The van der Waals surface area contributed by atoms with Gasteiger partial charge < -0.3 is 24.3 Å². The lowest BCUT2D eigenvalue weighted by atomic mass is 10.2. The maximum absolute atomic E-state index is 12.9. The normalized spacial score (nSPS) is 15.6. The van der Waals surface area contributed by atoms with Crippen LogP contribution in [0.1, 0.15) is 12.5 Å².